The predicted octanol–water partition coefficient (Wildman–Crippen LogP) is 4.71. The van der Waals surface area contributed by atoms with Crippen molar-refractivity contribution in [3.8, 4) is 11.5 Å². The molecule has 0 amide bonds. The molecule has 1 saturated carbocycles. The van der Waals surface area contributed by atoms with Crippen LogP contribution in [0.3, 0.4) is 0 Å². The van der Waals surface area contributed by atoms with Crippen molar-refractivity contribution in [2.45, 2.75) is 55.7 Å². The second kappa shape index (κ2) is 6.84. The van der Waals surface area contributed by atoms with Crippen LogP contribution in [0, 0.1) is 0 Å². The van der Waals surface area contributed by atoms with E-state index in [0.717, 1.165) is 37.2 Å². The molecule has 0 bridgehead atoms. The van der Waals surface area contributed by atoms with Gasteiger partial charge in [0.2, 0.25) is 5.67 Å². The monoisotopic (exact) mass is 395 g/mol. The summed E-state index contributed by atoms with van der Waals surface area (Å²) in [6.07, 6.45) is 4.19. The number of ether oxygens (including phenoxy) is 1. The van der Waals surface area contributed by atoms with Crippen LogP contribution >= 0.6 is 0 Å². The van der Waals surface area contributed by atoms with Crippen LogP contribution in [0.1, 0.15) is 43.2 Å². The average molecular weight is 395 g/mol. The molecule has 29 heavy (non-hydrogen) atoms. The highest BCUT2D eigenvalue weighted by molar-refractivity contribution is 5.77. The van der Waals surface area contributed by atoms with Gasteiger partial charge in [0, 0.05) is 43.0 Å². The molecule has 2 aliphatic heterocycles. The summed E-state index contributed by atoms with van der Waals surface area (Å²) in [7, 11) is 0. The van der Waals surface area contributed by atoms with E-state index in [1.807, 2.05) is 18.2 Å². The maximum Gasteiger partial charge on any atom is 0.341 e. The number of carboxylic acid groups (broad SMARTS) is 1. The molecule has 2 atom stereocenters. The second-order valence-electron chi connectivity index (χ2n) is 8.87. The topological polar surface area (TPSA) is 49.8 Å². The maximum absolute atomic E-state index is 14.5. The molecule has 2 heterocycles. The van der Waals surface area contributed by atoms with Crippen molar-refractivity contribution in [1.82, 2.24) is 4.90 Å². The number of alkyl halides is 1. The highest BCUT2D eigenvalue weighted by atomic mass is 19.1. The lowest BCUT2D eigenvalue weighted by atomic mass is 9.74. The van der Waals surface area contributed by atoms with E-state index in [-0.39, 0.29) is 18.3 Å². The number of carbonyl (C=O) groups is 1. The van der Waals surface area contributed by atoms with Gasteiger partial charge in [0.15, 0.2) is 0 Å². The molecule has 1 spiro atoms. The van der Waals surface area contributed by atoms with Gasteiger partial charge in [-0.05, 0) is 43.4 Å². The Morgan fingerprint density at radius 2 is 1.72 bits per heavy atom. The van der Waals surface area contributed by atoms with Crippen LogP contribution in [0.15, 0.2) is 48.5 Å². The normalized spacial score (nSPS) is 28.2. The number of carboxylic acids is 1. The van der Waals surface area contributed by atoms with Gasteiger partial charge in [-0.3, -0.25) is 0 Å². The highest BCUT2D eigenvalue weighted by Gasteiger charge is 2.48. The molecular formula is C24H26FNO3. The van der Waals surface area contributed by atoms with Gasteiger partial charge in [-0.15, -0.1) is 0 Å². The van der Waals surface area contributed by atoms with E-state index in [1.165, 1.54) is 11.1 Å². The molecule has 5 rings (SSSR count). The summed E-state index contributed by atoms with van der Waals surface area (Å²) in [6, 6.07) is 17.0. The molecule has 0 radical (unpaired) electrons. The molecule has 152 valence electrons. The molecule has 2 unspecified atom stereocenters. The highest BCUT2D eigenvalue weighted by Crippen LogP contribution is 2.52. The minimum atomic E-state index is -2.06. The van der Waals surface area contributed by atoms with E-state index in [2.05, 4.69) is 35.2 Å². The summed E-state index contributed by atoms with van der Waals surface area (Å²) in [5.41, 5.74) is 0.442. The van der Waals surface area contributed by atoms with E-state index < -0.39 is 11.6 Å². The lowest BCUT2D eigenvalue weighted by molar-refractivity contribution is -0.154. The lowest BCUT2D eigenvalue weighted by Gasteiger charge is -2.38. The first-order chi connectivity index (χ1) is 14.0. The summed E-state index contributed by atoms with van der Waals surface area (Å²) in [4.78, 5) is 13.5. The summed E-state index contributed by atoms with van der Waals surface area (Å²) in [6.45, 7) is 1.02. The number of likely N-dealkylation sites (tertiary alicyclic amines) is 1. The number of nitrogens with zero attached hydrogens (tertiary/aromatic N) is 1. The van der Waals surface area contributed by atoms with Gasteiger partial charge in [0.1, 0.15) is 11.5 Å². The Labute approximate surface area is 170 Å². The SMILES string of the molecule is O=C(O)C1(F)CCN(C2CCC3(Cc4ccccc4Oc4ccccc43)C2)CC1. The lowest BCUT2D eigenvalue weighted by Crippen LogP contribution is -2.49. The van der Waals surface area contributed by atoms with E-state index in [4.69, 9.17) is 4.74 Å². The van der Waals surface area contributed by atoms with Crippen molar-refractivity contribution in [1.29, 1.82) is 0 Å². The first-order valence-electron chi connectivity index (χ1n) is 10.5. The third kappa shape index (κ3) is 3.12. The third-order valence-electron chi connectivity index (χ3n) is 7.25. The summed E-state index contributed by atoms with van der Waals surface area (Å²) < 4.78 is 20.8. The summed E-state index contributed by atoms with van der Waals surface area (Å²) in [5, 5.41) is 9.17. The number of fused-ring (bicyclic) bond motifs is 3. The summed E-state index contributed by atoms with van der Waals surface area (Å²) >= 11 is 0. The van der Waals surface area contributed by atoms with Crippen molar-refractivity contribution in [2.24, 2.45) is 0 Å². The smallest absolute Gasteiger partial charge is 0.341 e. The van der Waals surface area contributed by atoms with Gasteiger partial charge in [0.25, 0.3) is 0 Å². The van der Waals surface area contributed by atoms with Crippen LogP contribution in [0.25, 0.3) is 0 Å². The van der Waals surface area contributed by atoms with Gasteiger partial charge in [-0.1, -0.05) is 36.4 Å². The number of hydrogen-bond acceptors (Lipinski definition) is 3. The second-order valence-corrected chi connectivity index (χ2v) is 8.87. The van der Waals surface area contributed by atoms with E-state index in [1.54, 1.807) is 0 Å². The zero-order valence-electron chi connectivity index (χ0n) is 16.4. The predicted molar refractivity (Wildman–Crippen MR) is 108 cm³/mol. The fourth-order valence-electron chi connectivity index (χ4n) is 5.59. The average Bonchev–Trinajstić information content (AvgIpc) is 3.09. The standard InChI is InChI=1S/C24H26FNO3/c25-24(22(27)28)11-13-26(14-12-24)18-9-10-23(16-18)15-17-5-1-3-7-20(17)29-21-8-4-2-6-19(21)23/h1-8,18H,9-16H2,(H,27,28). The molecule has 2 fully saturated rings. The molecule has 1 saturated heterocycles. The number of para-hydroxylation sites is 2. The van der Waals surface area contributed by atoms with Crippen LogP contribution in [0.2, 0.25) is 0 Å². The molecule has 3 aliphatic rings. The number of aliphatic carboxylic acids is 1. The largest absolute Gasteiger partial charge is 0.479 e. The molecular weight excluding hydrogens is 369 g/mol. The van der Waals surface area contributed by atoms with Crippen molar-refractivity contribution in [3.05, 3.63) is 59.7 Å². The van der Waals surface area contributed by atoms with Crippen LogP contribution in [0.5, 0.6) is 11.5 Å². The zero-order valence-corrected chi connectivity index (χ0v) is 16.4. The first-order valence-corrected chi connectivity index (χ1v) is 10.5. The van der Waals surface area contributed by atoms with Crippen LogP contribution < -0.4 is 4.74 Å². The van der Waals surface area contributed by atoms with Crippen molar-refractivity contribution >= 4 is 5.97 Å². The molecule has 5 heteroatoms. The molecule has 1 aliphatic carbocycles. The van der Waals surface area contributed by atoms with Crippen molar-refractivity contribution in [2.75, 3.05) is 13.1 Å². The quantitative estimate of drug-likeness (QED) is 0.800. The molecule has 2 aromatic rings. The van der Waals surface area contributed by atoms with Gasteiger partial charge in [0.05, 0.1) is 0 Å². The Hall–Kier alpha value is -2.40. The third-order valence-corrected chi connectivity index (χ3v) is 7.25. The Morgan fingerprint density at radius 3 is 2.48 bits per heavy atom. The number of hydrogen-bond donors (Lipinski definition) is 1. The fourth-order valence-corrected chi connectivity index (χ4v) is 5.59. The number of halogens is 1. The Bertz CT molecular complexity index is 937. The molecule has 0 aromatic heterocycles. The van der Waals surface area contributed by atoms with Gasteiger partial charge >= 0.3 is 5.97 Å². The van der Waals surface area contributed by atoms with Crippen molar-refractivity contribution in [3.63, 3.8) is 0 Å². The Balaban J connectivity index is 1.42. The van der Waals surface area contributed by atoms with E-state index in [0.29, 0.717) is 19.1 Å². The van der Waals surface area contributed by atoms with E-state index in [9.17, 15) is 14.3 Å². The fraction of sp³-hybridized carbons (Fsp3) is 0.458. The van der Waals surface area contributed by atoms with Crippen molar-refractivity contribution < 1.29 is 19.0 Å². The van der Waals surface area contributed by atoms with Gasteiger partial charge < -0.3 is 14.7 Å². The van der Waals surface area contributed by atoms with Gasteiger partial charge in [-0.2, -0.15) is 0 Å². The first kappa shape index (κ1) is 18.6. The Morgan fingerprint density at radius 1 is 1.03 bits per heavy atom. The molecule has 2 aromatic carbocycles. The minimum absolute atomic E-state index is 0.00487. The number of piperidine rings is 1. The maximum atomic E-state index is 14.5. The van der Waals surface area contributed by atoms with Gasteiger partial charge in [-0.25, -0.2) is 9.18 Å². The van der Waals surface area contributed by atoms with E-state index >= 15 is 0 Å². The van der Waals surface area contributed by atoms with Crippen LogP contribution in [-0.4, -0.2) is 40.8 Å². The summed E-state index contributed by atoms with van der Waals surface area (Å²) in [5.74, 6) is 0.554. The minimum Gasteiger partial charge on any atom is -0.479 e. The Kier molecular flexibility index (Phi) is 4.39. The van der Waals surface area contributed by atoms with Crippen LogP contribution in [0.4, 0.5) is 4.39 Å². The molecule has 1 N–H and O–H groups in total. The number of rotatable bonds is 2. The number of benzene rings is 2. The molecule has 4 nitrogen and oxygen atoms in total. The van der Waals surface area contributed by atoms with Crippen LogP contribution in [-0.2, 0) is 16.6 Å². The zero-order chi connectivity index (χ0) is 20.1.